The third kappa shape index (κ3) is 2.94. The number of hydrogen-bond acceptors (Lipinski definition) is 4. The lowest BCUT2D eigenvalue weighted by atomic mass is 10.0. The first-order chi connectivity index (χ1) is 12.7. The molecule has 6 heteroatoms. The second-order valence-electron chi connectivity index (χ2n) is 6.57. The summed E-state index contributed by atoms with van der Waals surface area (Å²) in [5, 5.41) is 8.79. The molecule has 3 aromatic heterocycles. The van der Waals surface area contributed by atoms with E-state index in [1.54, 1.807) is 18.6 Å². The van der Waals surface area contributed by atoms with E-state index in [4.69, 9.17) is 4.74 Å². The van der Waals surface area contributed by atoms with Gasteiger partial charge in [-0.3, -0.25) is 4.98 Å². The predicted octanol–water partition coefficient (Wildman–Crippen LogP) is 3.84. The molecule has 1 atom stereocenters. The van der Waals surface area contributed by atoms with Crippen LogP contribution in [0.2, 0.25) is 0 Å². The van der Waals surface area contributed by atoms with Gasteiger partial charge in [0.1, 0.15) is 5.69 Å². The number of allylic oxidation sites excluding steroid dienone is 2. The summed E-state index contributed by atoms with van der Waals surface area (Å²) in [6, 6.07) is 5.82. The summed E-state index contributed by atoms with van der Waals surface area (Å²) < 4.78 is 10.2. The van der Waals surface area contributed by atoms with Crippen LogP contribution in [0.25, 0.3) is 5.69 Å². The molecule has 0 saturated heterocycles. The van der Waals surface area contributed by atoms with Gasteiger partial charge in [-0.25, -0.2) is 9.36 Å². The molecule has 1 unspecified atom stereocenters. The van der Waals surface area contributed by atoms with E-state index >= 15 is 0 Å². The molecule has 0 radical (unpaired) electrons. The zero-order valence-electron chi connectivity index (χ0n) is 14.9. The van der Waals surface area contributed by atoms with E-state index in [-0.39, 0.29) is 0 Å². The van der Waals surface area contributed by atoms with E-state index in [2.05, 4.69) is 35.1 Å². The highest BCUT2D eigenvalue weighted by atomic mass is 16.5. The van der Waals surface area contributed by atoms with Gasteiger partial charge in [-0.15, -0.1) is 0 Å². The molecular formula is C20H21N5O. The molecule has 132 valence electrons. The van der Waals surface area contributed by atoms with Gasteiger partial charge in [0, 0.05) is 36.9 Å². The SMILES string of the molecule is CC(C)c1cc(-n2cccn2)c(OC2(n3cccn3)C=CC=CC2)cn1. The van der Waals surface area contributed by atoms with E-state index < -0.39 is 5.72 Å². The molecule has 0 bridgehead atoms. The largest absolute Gasteiger partial charge is 0.458 e. The fraction of sp³-hybridized carbons (Fsp3) is 0.250. The molecular weight excluding hydrogens is 326 g/mol. The quantitative estimate of drug-likeness (QED) is 0.704. The Bertz CT molecular complexity index is 925. The third-order valence-corrected chi connectivity index (χ3v) is 4.40. The molecule has 1 aliphatic rings. The van der Waals surface area contributed by atoms with Gasteiger partial charge in [0.05, 0.1) is 6.20 Å². The topological polar surface area (TPSA) is 57.8 Å². The molecule has 0 amide bonds. The first kappa shape index (κ1) is 16.3. The number of pyridine rings is 1. The summed E-state index contributed by atoms with van der Waals surface area (Å²) in [4.78, 5) is 4.59. The van der Waals surface area contributed by atoms with Crippen molar-refractivity contribution in [3.8, 4) is 11.4 Å². The van der Waals surface area contributed by atoms with Crippen molar-refractivity contribution in [1.29, 1.82) is 0 Å². The minimum atomic E-state index is -0.721. The van der Waals surface area contributed by atoms with Crippen molar-refractivity contribution in [3.63, 3.8) is 0 Å². The summed E-state index contributed by atoms with van der Waals surface area (Å²) in [6.07, 6.45) is 17.9. The van der Waals surface area contributed by atoms with Crippen molar-refractivity contribution in [1.82, 2.24) is 24.5 Å². The van der Waals surface area contributed by atoms with Crippen LogP contribution in [-0.2, 0) is 5.72 Å². The van der Waals surface area contributed by atoms with Crippen molar-refractivity contribution < 1.29 is 4.74 Å². The maximum absolute atomic E-state index is 6.52. The van der Waals surface area contributed by atoms with E-state index in [0.717, 1.165) is 11.4 Å². The molecule has 0 aliphatic heterocycles. The first-order valence-corrected chi connectivity index (χ1v) is 8.71. The Kier molecular flexibility index (Phi) is 4.16. The van der Waals surface area contributed by atoms with Crippen molar-refractivity contribution in [2.24, 2.45) is 0 Å². The zero-order valence-corrected chi connectivity index (χ0v) is 14.9. The Morgan fingerprint density at radius 2 is 1.96 bits per heavy atom. The molecule has 1 aliphatic carbocycles. The number of nitrogens with zero attached hydrogens (tertiary/aromatic N) is 5. The zero-order chi connectivity index (χ0) is 18.0. The monoisotopic (exact) mass is 347 g/mol. The summed E-state index contributed by atoms with van der Waals surface area (Å²) in [5.74, 6) is 0.976. The van der Waals surface area contributed by atoms with Crippen molar-refractivity contribution in [3.05, 3.63) is 79.2 Å². The van der Waals surface area contributed by atoms with Crippen LogP contribution in [0.1, 0.15) is 31.9 Å². The van der Waals surface area contributed by atoms with Gasteiger partial charge in [0.2, 0.25) is 5.72 Å². The molecule has 0 saturated carbocycles. The van der Waals surface area contributed by atoms with Gasteiger partial charge in [-0.05, 0) is 30.2 Å². The van der Waals surface area contributed by atoms with Crippen LogP contribution >= 0.6 is 0 Å². The summed E-state index contributed by atoms with van der Waals surface area (Å²) >= 11 is 0. The van der Waals surface area contributed by atoms with Gasteiger partial charge in [-0.2, -0.15) is 10.2 Å². The van der Waals surface area contributed by atoms with Gasteiger partial charge in [-0.1, -0.05) is 32.1 Å². The Hall–Kier alpha value is -3.15. The van der Waals surface area contributed by atoms with Crippen LogP contribution in [0, 0.1) is 0 Å². The van der Waals surface area contributed by atoms with E-state index in [9.17, 15) is 0 Å². The van der Waals surface area contributed by atoms with Gasteiger partial charge in [0.25, 0.3) is 0 Å². The minimum absolute atomic E-state index is 0.316. The van der Waals surface area contributed by atoms with E-state index in [1.165, 1.54) is 0 Å². The van der Waals surface area contributed by atoms with Crippen LogP contribution in [0.4, 0.5) is 0 Å². The average molecular weight is 347 g/mol. The fourth-order valence-corrected chi connectivity index (χ4v) is 3.00. The summed E-state index contributed by atoms with van der Waals surface area (Å²) in [6.45, 7) is 4.24. The summed E-state index contributed by atoms with van der Waals surface area (Å²) in [5.41, 5.74) is 1.14. The minimum Gasteiger partial charge on any atom is -0.458 e. The van der Waals surface area contributed by atoms with Gasteiger partial charge in [0.15, 0.2) is 5.75 Å². The van der Waals surface area contributed by atoms with Crippen molar-refractivity contribution in [2.75, 3.05) is 0 Å². The maximum atomic E-state index is 6.52. The Balaban J connectivity index is 1.80. The fourth-order valence-electron chi connectivity index (χ4n) is 3.00. The maximum Gasteiger partial charge on any atom is 0.224 e. The van der Waals surface area contributed by atoms with Crippen LogP contribution in [0.15, 0.2) is 73.5 Å². The second-order valence-corrected chi connectivity index (χ2v) is 6.57. The van der Waals surface area contributed by atoms with E-state index in [1.807, 2.05) is 58.2 Å². The highest BCUT2D eigenvalue weighted by Crippen LogP contribution is 2.34. The van der Waals surface area contributed by atoms with Gasteiger partial charge < -0.3 is 4.74 Å². The first-order valence-electron chi connectivity index (χ1n) is 8.71. The Morgan fingerprint density at radius 1 is 1.12 bits per heavy atom. The molecule has 0 spiro atoms. The molecule has 6 nitrogen and oxygen atoms in total. The molecule has 4 rings (SSSR count). The molecule has 0 aromatic carbocycles. The molecule has 0 N–H and O–H groups in total. The molecule has 3 heterocycles. The summed E-state index contributed by atoms with van der Waals surface area (Å²) in [7, 11) is 0. The van der Waals surface area contributed by atoms with Crippen molar-refractivity contribution >= 4 is 0 Å². The average Bonchev–Trinajstić information content (AvgIpc) is 3.37. The van der Waals surface area contributed by atoms with Crippen LogP contribution in [0.3, 0.4) is 0 Å². The lowest BCUT2D eigenvalue weighted by molar-refractivity contribution is 0.0308. The Morgan fingerprint density at radius 3 is 2.62 bits per heavy atom. The Labute approximate surface area is 152 Å². The van der Waals surface area contributed by atoms with Crippen LogP contribution in [-0.4, -0.2) is 24.5 Å². The molecule has 3 aromatic rings. The second kappa shape index (κ2) is 6.63. The van der Waals surface area contributed by atoms with Crippen molar-refractivity contribution in [2.45, 2.75) is 31.9 Å². The highest BCUT2D eigenvalue weighted by molar-refractivity contribution is 5.46. The molecule has 0 fully saturated rings. The number of hydrogen-bond donors (Lipinski definition) is 0. The van der Waals surface area contributed by atoms with Crippen LogP contribution in [0.5, 0.6) is 5.75 Å². The smallest absolute Gasteiger partial charge is 0.224 e. The highest BCUT2D eigenvalue weighted by Gasteiger charge is 2.33. The third-order valence-electron chi connectivity index (χ3n) is 4.40. The van der Waals surface area contributed by atoms with E-state index in [0.29, 0.717) is 18.1 Å². The van der Waals surface area contributed by atoms with Crippen LogP contribution < -0.4 is 4.74 Å². The normalized spacial score (nSPS) is 19.2. The molecule has 26 heavy (non-hydrogen) atoms. The predicted molar refractivity (Wildman–Crippen MR) is 99.2 cm³/mol. The lowest BCUT2D eigenvalue weighted by Crippen LogP contribution is -2.39. The van der Waals surface area contributed by atoms with Gasteiger partial charge >= 0.3 is 0 Å². The number of aromatic nitrogens is 5. The number of rotatable bonds is 5. The standard InChI is InChI=1S/C20H21N5O/c1-16(2)17-14-18(24-12-6-10-22-24)19(15-21-17)26-20(8-4-3-5-9-20)25-13-7-11-23-25/h3-8,10-16H,9H2,1-2H3. The lowest BCUT2D eigenvalue weighted by Gasteiger charge is -2.33. The number of ether oxygens (including phenoxy) is 1.